The first kappa shape index (κ1) is 7.74. The van der Waals surface area contributed by atoms with Crippen LogP contribution in [0.1, 0.15) is 23.2 Å². The van der Waals surface area contributed by atoms with Gasteiger partial charge in [0.1, 0.15) is 5.56 Å². The van der Waals surface area contributed by atoms with Crippen molar-refractivity contribution >= 4 is 17.2 Å². The number of ketones is 1. The smallest absolute Gasteiger partial charge is 0.260 e. The third-order valence-electron chi connectivity index (χ3n) is 2.78. The lowest BCUT2D eigenvalue weighted by atomic mass is 10.1. The Bertz CT molecular complexity index is 458. The van der Waals surface area contributed by atoms with Gasteiger partial charge in [-0.2, -0.15) is 4.74 Å². The molecule has 1 aromatic carbocycles. The Morgan fingerprint density at radius 3 is 2.64 bits per heavy atom. The van der Waals surface area contributed by atoms with Crippen LogP contribution >= 0.6 is 0 Å². The van der Waals surface area contributed by atoms with E-state index in [4.69, 9.17) is 0 Å². The minimum atomic E-state index is -0.0712. The molecule has 0 N–H and O–H groups in total. The zero-order chi connectivity index (χ0) is 9.71. The van der Waals surface area contributed by atoms with Crippen molar-refractivity contribution in [3.63, 3.8) is 0 Å². The van der Waals surface area contributed by atoms with Gasteiger partial charge in [0.15, 0.2) is 0 Å². The Labute approximate surface area is 81.3 Å². The summed E-state index contributed by atoms with van der Waals surface area (Å²) in [5.41, 5.74) is 1.52. The Morgan fingerprint density at radius 2 is 2.00 bits per heavy atom. The van der Waals surface area contributed by atoms with E-state index in [0.717, 1.165) is 17.6 Å². The molecular formula is C11H9NO2. The highest BCUT2D eigenvalue weighted by Gasteiger charge is 2.44. The average molecular weight is 187 g/mol. The van der Waals surface area contributed by atoms with Crippen LogP contribution < -0.4 is 0 Å². The summed E-state index contributed by atoms with van der Waals surface area (Å²) in [7, 11) is 0. The molecule has 1 aliphatic heterocycles. The maximum absolute atomic E-state index is 11.8. The third kappa shape index (κ3) is 0.867. The number of carbonyl (C=O) groups is 1. The average Bonchev–Trinajstić information content (AvgIpc) is 2.99. The van der Waals surface area contributed by atoms with Gasteiger partial charge in [-0.05, 0) is 18.9 Å². The van der Waals surface area contributed by atoms with Gasteiger partial charge in [0.2, 0.25) is 11.4 Å². The minimum absolute atomic E-state index is 0.0712. The van der Waals surface area contributed by atoms with Gasteiger partial charge < -0.3 is 5.21 Å². The molecule has 1 heterocycles. The molecular weight excluding hydrogens is 178 g/mol. The molecule has 0 unspecified atom stereocenters. The number of carbonyl (C=O) groups excluding carboxylic acids is 1. The van der Waals surface area contributed by atoms with E-state index in [2.05, 4.69) is 0 Å². The van der Waals surface area contributed by atoms with Crippen LogP contribution in [-0.4, -0.2) is 16.2 Å². The molecule has 0 atom stereocenters. The summed E-state index contributed by atoms with van der Waals surface area (Å²) in [5, 5.41) is 11.7. The van der Waals surface area contributed by atoms with Crippen molar-refractivity contribution in [3.8, 4) is 0 Å². The van der Waals surface area contributed by atoms with Gasteiger partial charge in [-0.3, -0.25) is 4.79 Å². The van der Waals surface area contributed by atoms with Crippen molar-refractivity contribution in [2.45, 2.75) is 12.8 Å². The zero-order valence-electron chi connectivity index (χ0n) is 7.56. The standard InChI is InChI=1S/C11H9NO2/c13-11-8-3-1-2-4-9(8)12(14)10(11)7-5-6-7/h1-4,7H,5-6H2. The van der Waals surface area contributed by atoms with E-state index in [9.17, 15) is 10.0 Å². The molecule has 0 radical (unpaired) electrons. The Morgan fingerprint density at radius 1 is 1.29 bits per heavy atom. The molecule has 0 aromatic heterocycles. The van der Waals surface area contributed by atoms with Crippen molar-refractivity contribution in [2.75, 3.05) is 0 Å². The predicted molar refractivity (Wildman–Crippen MR) is 51.8 cm³/mol. The van der Waals surface area contributed by atoms with Crippen molar-refractivity contribution in [3.05, 3.63) is 35.0 Å². The van der Waals surface area contributed by atoms with Crippen LogP contribution in [0.25, 0.3) is 0 Å². The number of para-hydroxylation sites is 1. The highest BCUT2D eigenvalue weighted by Crippen LogP contribution is 2.37. The minimum Gasteiger partial charge on any atom is -0.618 e. The van der Waals surface area contributed by atoms with E-state index in [1.807, 2.05) is 0 Å². The topological polar surface area (TPSA) is 43.1 Å². The summed E-state index contributed by atoms with van der Waals surface area (Å²) in [6.45, 7) is 0. The first-order chi connectivity index (χ1) is 6.79. The number of fused-ring (bicyclic) bond motifs is 1. The van der Waals surface area contributed by atoms with Crippen molar-refractivity contribution < 1.29 is 9.53 Å². The van der Waals surface area contributed by atoms with Gasteiger partial charge in [-0.25, -0.2) is 0 Å². The van der Waals surface area contributed by atoms with Crippen LogP contribution in [0, 0.1) is 11.1 Å². The fourth-order valence-corrected chi connectivity index (χ4v) is 1.91. The molecule has 0 saturated heterocycles. The number of hydrogen-bond acceptors (Lipinski definition) is 2. The van der Waals surface area contributed by atoms with Crippen LogP contribution in [0.2, 0.25) is 0 Å². The summed E-state index contributed by atoms with van der Waals surface area (Å²) in [6, 6.07) is 7.00. The third-order valence-corrected chi connectivity index (χ3v) is 2.78. The van der Waals surface area contributed by atoms with E-state index in [1.54, 1.807) is 24.3 Å². The van der Waals surface area contributed by atoms with Crippen LogP contribution in [0.3, 0.4) is 0 Å². The monoisotopic (exact) mass is 187 g/mol. The van der Waals surface area contributed by atoms with Crippen LogP contribution in [0.4, 0.5) is 5.69 Å². The maximum atomic E-state index is 11.8. The molecule has 1 aliphatic carbocycles. The van der Waals surface area contributed by atoms with Crippen LogP contribution in [-0.2, 0) is 0 Å². The Hall–Kier alpha value is -1.64. The highest BCUT2D eigenvalue weighted by molar-refractivity contribution is 6.48. The van der Waals surface area contributed by atoms with Gasteiger partial charge >= 0.3 is 0 Å². The molecule has 1 saturated carbocycles. The largest absolute Gasteiger partial charge is 0.618 e. The van der Waals surface area contributed by atoms with E-state index in [-0.39, 0.29) is 11.7 Å². The quantitative estimate of drug-likeness (QED) is 0.497. The lowest BCUT2D eigenvalue weighted by Crippen LogP contribution is -2.16. The second-order valence-corrected chi connectivity index (χ2v) is 3.80. The highest BCUT2D eigenvalue weighted by atomic mass is 16.5. The fourth-order valence-electron chi connectivity index (χ4n) is 1.91. The fraction of sp³-hybridized carbons (Fsp3) is 0.273. The molecule has 70 valence electrons. The lowest BCUT2D eigenvalue weighted by Gasteiger charge is -1.99. The van der Waals surface area contributed by atoms with Gasteiger partial charge in [0.05, 0.1) is 0 Å². The van der Waals surface area contributed by atoms with Gasteiger partial charge in [0, 0.05) is 12.0 Å². The summed E-state index contributed by atoms with van der Waals surface area (Å²) in [6.07, 6.45) is 1.96. The van der Waals surface area contributed by atoms with E-state index in [0.29, 0.717) is 17.0 Å². The predicted octanol–water partition coefficient (Wildman–Crippen LogP) is 1.88. The molecule has 2 aliphatic rings. The SMILES string of the molecule is O=C1C(C2CC2)=[N+]([O-])c2ccccc21. The first-order valence-electron chi connectivity index (χ1n) is 4.77. The van der Waals surface area contributed by atoms with E-state index in [1.165, 1.54) is 0 Å². The van der Waals surface area contributed by atoms with Crippen molar-refractivity contribution in [1.82, 2.24) is 0 Å². The Kier molecular flexibility index (Phi) is 1.35. The molecule has 0 spiro atoms. The van der Waals surface area contributed by atoms with Crippen molar-refractivity contribution in [1.29, 1.82) is 0 Å². The van der Waals surface area contributed by atoms with E-state index < -0.39 is 0 Å². The molecule has 1 aromatic rings. The first-order valence-corrected chi connectivity index (χ1v) is 4.77. The van der Waals surface area contributed by atoms with Crippen LogP contribution in [0.15, 0.2) is 24.3 Å². The van der Waals surface area contributed by atoms with Gasteiger partial charge in [-0.1, -0.05) is 12.1 Å². The molecule has 3 nitrogen and oxygen atoms in total. The molecule has 0 bridgehead atoms. The second kappa shape index (κ2) is 2.44. The summed E-state index contributed by atoms with van der Waals surface area (Å²) < 4.78 is 0.815. The van der Waals surface area contributed by atoms with Gasteiger partial charge in [-0.15, -0.1) is 0 Å². The molecule has 14 heavy (non-hydrogen) atoms. The molecule has 0 amide bonds. The number of Topliss-reactive ketones (excluding diaryl/α,β-unsaturated/α-hetero) is 1. The van der Waals surface area contributed by atoms with Crippen molar-refractivity contribution in [2.24, 2.45) is 5.92 Å². The zero-order valence-corrected chi connectivity index (χ0v) is 7.56. The summed E-state index contributed by atoms with van der Waals surface area (Å²) in [5.74, 6) is 0.144. The number of rotatable bonds is 1. The normalized spacial score (nSPS) is 20.1. The Balaban J connectivity index is 2.20. The number of hydrogen-bond donors (Lipinski definition) is 0. The lowest BCUT2D eigenvalue weighted by molar-refractivity contribution is -0.358. The maximum Gasteiger partial charge on any atom is 0.260 e. The second-order valence-electron chi connectivity index (χ2n) is 3.80. The van der Waals surface area contributed by atoms with Crippen LogP contribution in [0.5, 0.6) is 0 Å². The summed E-state index contributed by atoms with van der Waals surface area (Å²) >= 11 is 0. The van der Waals surface area contributed by atoms with Gasteiger partial charge in [0.25, 0.3) is 5.78 Å². The number of nitrogens with zero attached hydrogens (tertiary/aromatic N) is 1. The molecule has 3 rings (SSSR count). The molecule has 3 heteroatoms. The summed E-state index contributed by atoms with van der Waals surface area (Å²) in [4.78, 5) is 11.8. The number of benzene rings is 1. The molecule has 1 fully saturated rings. The van der Waals surface area contributed by atoms with E-state index >= 15 is 0 Å².